The molecule has 0 N–H and O–H groups in total. The molecule has 110 valence electrons. The Labute approximate surface area is 122 Å². The molecule has 0 amide bonds. The molecule has 4 heteroatoms. The number of rotatable bonds is 4. The average molecular weight is 276 g/mol. The van der Waals surface area contributed by atoms with Crippen LogP contribution in [0.2, 0.25) is 0 Å². The highest BCUT2D eigenvalue weighted by atomic mass is 16.7. The smallest absolute Gasteiger partial charge is 0.494 e. The zero-order valence-electron chi connectivity index (χ0n) is 13.4. The molecule has 1 spiro atoms. The van der Waals surface area contributed by atoms with E-state index in [9.17, 15) is 0 Å². The summed E-state index contributed by atoms with van der Waals surface area (Å²) in [5.74, 6) is 1.75. The first-order chi connectivity index (χ1) is 9.33. The first kappa shape index (κ1) is 15.4. The second-order valence-electron chi connectivity index (χ2n) is 6.19. The summed E-state index contributed by atoms with van der Waals surface area (Å²) in [5.41, 5.74) is 0.527. The van der Waals surface area contributed by atoms with Crippen molar-refractivity contribution in [3.63, 3.8) is 0 Å². The molecule has 1 aliphatic carbocycles. The largest absolute Gasteiger partial charge is 0.497 e. The van der Waals surface area contributed by atoms with E-state index in [0.29, 0.717) is 17.6 Å². The lowest BCUT2D eigenvalue weighted by Gasteiger charge is -2.26. The van der Waals surface area contributed by atoms with E-state index in [1.165, 1.54) is 0 Å². The lowest BCUT2D eigenvalue weighted by molar-refractivity contribution is 0.0364. The van der Waals surface area contributed by atoms with Gasteiger partial charge in [-0.1, -0.05) is 26.5 Å². The maximum absolute atomic E-state index is 6.32. The molecule has 0 bridgehead atoms. The van der Waals surface area contributed by atoms with Crippen molar-refractivity contribution in [3.05, 3.63) is 36.0 Å². The van der Waals surface area contributed by atoms with Gasteiger partial charge in [0.2, 0.25) is 0 Å². The van der Waals surface area contributed by atoms with Crippen LogP contribution in [-0.4, -0.2) is 25.4 Å². The maximum Gasteiger partial charge on any atom is 0.494 e. The highest BCUT2D eigenvalue weighted by molar-refractivity contribution is 6.55. The molecule has 1 heterocycles. The predicted molar refractivity (Wildman–Crippen MR) is 82.1 cm³/mol. The van der Waals surface area contributed by atoms with E-state index in [-0.39, 0.29) is 18.3 Å². The van der Waals surface area contributed by atoms with Crippen molar-refractivity contribution in [2.24, 2.45) is 11.8 Å². The van der Waals surface area contributed by atoms with Gasteiger partial charge in [0.05, 0.1) is 18.3 Å². The zero-order chi connectivity index (χ0) is 15.1. The van der Waals surface area contributed by atoms with Gasteiger partial charge in [-0.05, 0) is 50.2 Å². The third-order valence-corrected chi connectivity index (χ3v) is 4.99. The van der Waals surface area contributed by atoms with E-state index in [2.05, 4.69) is 34.3 Å². The summed E-state index contributed by atoms with van der Waals surface area (Å²) in [7, 11) is 1.29. The van der Waals surface area contributed by atoms with Crippen molar-refractivity contribution in [2.45, 2.75) is 45.8 Å². The van der Waals surface area contributed by atoms with Gasteiger partial charge in [-0.3, -0.25) is 0 Å². The van der Waals surface area contributed by atoms with Gasteiger partial charge in [0, 0.05) is 0 Å². The number of ether oxygens (including phenoxy) is 1. The van der Waals surface area contributed by atoms with Crippen molar-refractivity contribution in [3.8, 4) is 0 Å². The second kappa shape index (κ2) is 5.08. The van der Waals surface area contributed by atoms with Crippen LogP contribution in [0, 0.1) is 11.8 Å². The van der Waals surface area contributed by atoms with Crippen LogP contribution in [-0.2, 0) is 14.0 Å². The lowest BCUT2D eigenvalue weighted by Crippen LogP contribution is -2.37. The number of hydrogen-bond donors (Lipinski definition) is 0. The molecule has 3 atom stereocenters. The summed E-state index contributed by atoms with van der Waals surface area (Å²) in [6.07, 6.45) is 5.60. The van der Waals surface area contributed by atoms with E-state index in [1.54, 1.807) is 13.2 Å². The Balaban J connectivity index is 2.24. The van der Waals surface area contributed by atoms with Gasteiger partial charge in [-0.2, -0.15) is 0 Å². The third kappa shape index (κ3) is 2.06. The van der Waals surface area contributed by atoms with E-state index < -0.39 is 0 Å². The number of allylic oxidation sites excluding steroid dienone is 4. The fraction of sp³-hybridized carbons (Fsp3) is 0.625. The molecule has 0 aromatic rings. The molecule has 2 unspecified atom stereocenters. The van der Waals surface area contributed by atoms with Crippen molar-refractivity contribution in [1.29, 1.82) is 0 Å². The molecule has 0 aromatic heterocycles. The van der Waals surface area contributed by atoms with Gasteiger partial charge < -0.3 is 14.0 Å². The molecule has 3 nitrogen and oxygen atoms in total. The van der Waals surface area contributed by atoms with Crippen molar-refractivity contribution < 1.29 is 14.0 Å². The quantitative estimate of drug-likeness (QED) is 0.446. The van der Waals surface area contributed by atoms with E-state index in [0.717, 1.165) is 5.47 Å². The third-order valence-electron chi connectivity index (χ3n) is 4.99. The van der Waals surface area contributed by atoms with Crippen molar-refractivity contribution in [1.82, 2.24) is 0 Å². The highest BCUT2D eigenvalue weighted by Gasteiger charge is 2.74. The van der Waals surface area contributed by atoms with Crippen LogP contribution in [0.3, 0.4) is 0 Å². The van der Waals surface area contributed by atoms with Gasteiger partial charge in [-0.25, -0.2) is 0 Å². The molecule has 0 radical (unpaired) electrons. The van der Waals surface area contributed by atoms with Gasteiger partial charge in [0.25, 0.3) is 0 Å². The van der Waals surface area contributed by atoms with Crippen molar-refractivity contribution in [2.75, 3.05) is 7.11 Å². The first-order valence-electron chi connectivity index (χ1n) is 7.24. The Morgan fingerprint density at radius 3 is 2.20 bits per heavy atom. The summed E-state index contributed by atoms with van der Waals surface area (Å²) in [6, 6.07) is 0. The monoisotopic (exact) mass is 276 g/mol. The molecular weight excluding hydrogens is 251 g/mol. The topological polar surface area (TPSA) is 27.7 Å². The van der Waals surface area contributed by atoms with Crippen LogP contribution in [0.4, 0.5) is 0 Å². The highest BCUT2D eigenvalue weighted by Crippen LogP contribution is 2.63. The Morgan fingerprint density at radius 2 is 1.85 bits per heavy atom. The van der Waals surface area contributed by atoms with Crippen LogP contribution in [0.1, 0.15) is 34.6 Å². The van der Waals surface area contributed by atoms with Gasteiger partial charge in [0.15, 0.2) is 0 Å². The van der Waals surface area contributed by atoms with Crippen molar-refractivity contribution >= 4 is 7.12 Å². The zero-order valence-corrected chi connectivity index (χ0v) is 13.4. The second-order valence-corrected chi connectivity index (χ2v) is 6.19. The Bertz CT molecular complexity index is 456. The molecule has 1 saturated heterocycles. The molecule has 2 aliphatic rings. The molecule has 2 fully saturated rings. The van der Waals surface area contributed by atoms with Gasteiger partial charge >= 0.3 is 7.12 Å². The minimum atomic E-state index is -0.340. The predicted octanol–water partition coefficient (Wildman–Crippen LogP) is 3.53. The van der Waals surface area contributed by atoms with E-state index >= 15 is 0 Å². The summed E-state index contributed by atoms with van der Waals surface area (Å²) in [5, 5.41) is 0. The first-order valence-corrected chi connectivity index (χ1v) is 7.24. The molecule has 2 rings (SSSR count). The van der Waals surface area contributed by atoms with Crippen LogP contribution in [0.15, 0.2) is 36.0 Å². The SMILES string of the molecule is C=C/C(=C\C(=C/C)B1OC(C)(C)C2(O1)C(C)[C@H]2C)OC. The molecule has 1 aliphatic heterocycles. The molecular formula is C16H25BO3. The Morgan fingerprint density at radius 1 is 1.25 bits per heavy atom. The minimum absolute atomic E-state index is 0.165. The summed E-state index contributed by atoms with van der Waals surface area (Å²) >= 11 is 0. The van der Waals surface area contributed by atoms with Gasteiger partial charge in [0.1, 0.15) is 5.76 Å². The molecule has 1 saturated carbocycles. The average Bonchev–Trinajstić information content (AvgIpc) is 2.81. The van der Waals surface area contributed by atoms with Crippen LogP contribution in [0.5, 0.6) is 0 Å². The molecule has 20 heavy (non-hydrogen) atoms. The fourth-order valence-corrected chi connectivity index (χ4v) is 3.54. The van der Waals surface area contributed by atoms with E-state index in [1.807, 2.05) is 19.1 Å². The lowest BCUT2D eigenvalue weighted by atomic mass is 9.77. The van der Waals surface area contributed by atoms with Gasteiger partial charge in [-0.15, -0.1) is 0 Å². The number of methoxy groups -OCH3 is 1. The Hall–Kier alpha value is -0.995. The maximum atomic E-state index is 6.32. The number of hydrogen-bond acceptors (Lipinski definition) is 3. The summed E-state index contributed by atoms with van der Waals surface area (Å²) < 4.78 is 17.7. The van der Waals surface area contributed by atoms with Crippen LogP contribution < -0.4 is 0 Å². The standard InChI is InChI=1S/C16H25BO3/c1-8-13(10-14(9-2)18-7)17-19-15(5,6)16(20-17)11(3)12(16)4/h8-12H,2H2,1,3-7H3/b13-8+,14-10+/t11-,12?,16?/m1/s1. The minimum Gasteiger partial charge on any atom is -0.497 e. The van der Waals surface area contributed by atoms with Crippen LogP contribution in [0.25, 0.3) is 0 Å². The molecule has 0 aromatic carbocycles. The fourth-order valence-electron chi connectivity index (χ4n) is 3.54. The van der Waals surface area contributed by atoms with E-state index in [4.69, 9.17) is 14.0 Å². The summed E-state index contributed by atoms with van der Waals surface area (Å²) in [4.78, 5) is 0. The normalized spacial score (nSPS) is 36.4. The summed E-state index contributed by atoms with van der Waals surface area (Å²) in [6.45, 7) is 14.4. The van der Waals surface area contributed by atoms with Crippen LogP contribution >= 0.6 is 0 Å². The Kier molecular flexibility index (Phi) is 3.91.